The van der Waals surface area contributed by atoms with Crippen LogP contribution in [-0.4, -0.2) is 41.8 Å². The molecule has 0 spiro atoms. The highest BCUT2D eigenvalue weighted by atomic mass is 15.3. The maximum atomic E-state index is 4.40. The molecule has 0 aliphatic carbocycles. The first kappa shape index (κ1) is 10.9. The van der Waals surface area contributed by atoms with Crippen LogP contribution in [0, 0.1) is 0 Å². The first-order valence-electron chi connectivity index (χ1n) is 5.47. The van der Waals surface area contributed by atoms with Crippen LogP contribution in [0.15, 0.2) is 24.7 Å². The van der Waals surface area contributed by atoms with Crippen molar-refractivity contribution in [3.63, 3.8) is 0 Å². The first-order valence-corrected chi connectivity index (χ1v) is 5.47. The molecule has 0 unspecified atom stereocenters. The summed E-state index contributed by atoms with van der Waals surface area (Å²) < 4.78 is 1.84. The lowest BCUT2D eigenvalue weighted by Crippen LogP contribution is -2.23. The fourth-order valence-electron chi connectivity index (χ4n) is 1.74. The van der Waals surface area contributed by atoms with Gasteiger partial charge >= 0.3 is 0 Å². The summed E-state index contributed by atoms with van der Waals surface area (Å²) in [7, 11) is 4.03. The van der Waals surface area contributed by atoms with Crippen molar-refractivity contribution >= 4 is 11.3 Å². The summed E-state index contributed by atoms with van der Waals surface area (Å²) in [5, 5.41) is 7.34. The number of aromatic nitrogens is 3. The molecule has 86 valence electrons. The molecule has 1 N–H and O–H groups in total. The predicted molar refractivity (Wildman–Crippen MR) is 64.8 cm³/mol. The Morgan fingerprint density at radius 3 is 3.12 bits per heavy atom. The lowest BCUT2D eigenvalue weighted by atomic mass is 10.3. The van der Waals surface area contributed by atoms with Gasteiger partial charge in [0.25, 0.3) is 0 Å². The van der Waals surface area contributed by atoms with Gasteiger partial charge in [-0.3, -0.25) is 0 Å². The molecule has 0 saturated heterocycles. The summed E-state index contributed by atoms with van der Waals surface area (Å²) in [5.74, 6) is 0.983. The van der Waals surface area contributed by atoms with Crippen molar-refractivity contribution in [3.05, 3.63) is 24.7 Å². The molecule has 16 heavy (non-hydrogen) atoms. The Balaban J connectivity index is 2.15. The van der Waals surface area contributed by atoms with Crippen molar-refractivity contribution in [3.8, 4) is 0 Å². The van der Waals surface area contributed by atoms with Crippen LogP contribution >= 0.6 is 0 Å². The third-order valence-corrected chi connectivity index (χ3v) is 2.59. The molecule has 5 nitrogen and oxygen atoms in total. The highest BCUT2D eigenvalue weighted by molar-refractivity contribution is 5.67. The zero-order valence-corrected chi connectivity index (χ0v) is 9.72. The Bertz CT molecular complexity index is 450. The highest BCUT2D eigenvalue weighted by Crippen LogP contribution is 2.16. The summed E-state index contributed by atoms with van der Waals surface area (Å²) in [6, 6.07) is 1.98. The van der Waals surface area contributed by atoms with Crippen molar-refractivity contribution in [1.82, 2.24) is 19.9 Å². The molecule has 2 rings (SSSR count). The van der Waals surface area contributed by atoms with Crippen LogP contribution in [-0.2, 0) is 0 Å². The number of hydrogen-bond donors (Lipinski definition) is 1. The number of fused-ring (bicyclic) bond motifs is 1. The van der Waals surface area contributed by atoms with Gasteiger partial charge in [-0.15, -0.1) is 0 Å². The normalized spacial score (nSPS) is 10.9. The predicted octanol–water partition coefficient (Wildman–Crippen LogP) is 0.775. The Morgan fingerprint density at radius 1 is 1.44 bits per heavy atom. The topological polar surface area (TPSA) is 45.5 Å². The van der Waals surface area contributed by atoms with Crippen LogP contribution < -0.4 is 10.2 Å². The highest BCUT2D eigenvalue weighted by Gasteiger charge is 2.07. The average Bonchev–Trinajstić information content (AvgIpc) is 2.76. The number of hydrogen-bond acceptors (Lipinski definition) is 4. The van der Waals surface area contributed by atoms with Crippen LogP contribution in [0.4, 0.5) is 5.82 Å². The fraction of sp³-hybridized carbons (Fsp3) is 0.455. The molecule has 5 heteroatoms. The molecular weight excluding hydrogens is 202 g/mol. The monoisotopic (exact) mass is 219 g/mol. The molecule has 0 amide bonds. The van der Waals surface area contributed by atoms with Gasteiger partial charge in [0, 0.05) is 26.0 Å². The summed E-state index contributed by atoms with van der Waals surface area (Å²) in [6.07, 6.45) is 6.54. The van der Waals surface area contributed by atoms with Crippen LogP contribution in [0.2, 0.25) is 0 Å². The standard InChI is InChI=1S/C11H17N5/c1-12-5-3-8-15(2)11-10-4-6-14-16(10)9-7-13-11/h4,6-7,9,12H,3,5,8H2,1-2H3. The molecule has 0 aliphatic rings. The zero-order valence-electron chi connectivity index (χ0n) is 9.72. The largest absolute Gasteiger partial charge is 0.358 e. The minimum atomic E-state index is 0.983. The number of rotatable bonds is 5. The van der Waals surface area contributed by atoms with Crippen molar-refractivity contribution in [2.24, 2.45) is 0 Å². The summed E-state index contributed by atoms with van der Waals surface area (Å²) in [5.41, 5.74) is 1.05. The number of nitrogens with zero attached hydrogens (tertiary/aromatic N) is 4. The van der Waals surface area contributed by atoms with Gasteiger partial charge in [-0.05, 0) is 26.1 Å². The third-order valence-electron chi connectivity index (χ3n) is 2.59. The Labute approximate surface area is 95.1 Å². The second kappa shape index (κ2) is 4.94. The van der Waals surface area contributed by atoms with Gasteiger partial charge in [-0.1, -0.05) is 0 Å². The van der Waals surface area contributed by atoms with E-state index in [0.717, 1.165) is 30.8 Å². The molecule has 0 bridgehead atoms. The van der Waals surface area contributed by atoms with E-state index in [0.29, 0.717) is 0 Å². The Kier molecular flexibility index (Phi) is 3.36. The summed E-state index contributed by atoms with van der Waals surface area (Å²) in [6.45, 7) is 2.01. The summed E-state index contributed by atoms with van der Waals surface area (Å²) >= 11 is 0. The van der Waals surface area contributed by atoms with Crippen LogP contribution in [0.25, 0.3) is 5.52 Å². The molecule has 0 atom stereocenters. The maximum absolute atomic E-state index is 4.40. The van der Waals surface area contributed by atoms with Gasteiger partial charge in [0.15, 0.2) is 5.82 Å². The Morgan fingerprint density at radius 2 is 2.31 bits per heavy atom. The summed E-state index contributed by atoms with van der Waals surface area (Å²) in [4.78, 5) is 6.56. The van der Waals surface area contributed by atoms with Gasteiger partial charge in [0.2, 0.25) is 0 Å². The van der Waals surface area contributed by atoms with Crippen LogP contribution in [0.5, 0.6) is 0 Å². The minimum absolute atomic E-state index is 0.983. The molecule has 0 aliphatic heterocycles. The maximum Gasteiger partial charge on any atom is 0.154 e. The van der Waals surface area contributed by atoms with Crippen LogP contribution in [0.3, 0.4) is 0 Å². The van der Waals surface area contributed by atoms with Gasteiger partial charge in [0.05, 0.1) is 6.20 Å². The average molecular weight is 219 g/mol. The third kappa shape index (κ3) is 2.14. The molecule has 0 fully saturated rings. The van der Waals surface area contributed by atoms with E-state index in [2.05, 4.69) is 27.3 Å². The van der Waals surface area contributed by atoms with E-state index in [-0.39, 0.29) is 0 Å². The van der Waals surface area contributed by atoms with Crippen molar-refractivity contribution in [2.75, 3.05) is 32.1 Å². The van der Waals surface area contributed by atoms with E-state index < -0.39 is 0 Å². The zero-order chi connectivity index (χ0) is 11.4. The molecule has 2 heterocycles. The van der Waals surface area contributed by atoms with E-state index in [1.807, 2.05) is 23.8 Å². The van der Waals surface area contributed by atoms with E-state index in [1.165, 1.54) is 0 Å². The molecule has 0 aromatic carbocycles. The van der Waals surface area contributed by atoms with E-state index in [1.54, 1.807) is 12.4 Å². The molecular formula is C11H17N5. The SMILES string of the molecule is CNCCCN(C)c1nccn2nccc12. The number of anilines is 1. The van der Waals surface area contributed by atoms with E-state index in [4.69, 9.17) is 0 Å². The molecule has 2 aromatic heterocycles. The van der Waals surface area contributed by atoms with Gasteiger partial charge in [-0.2, -0.15) is 5.10 Å². The van der Waals surface area contributed by atoms with Crippen molar-refractivity contribution in [1.29, 1.82) is 0 Å². The van der Waals surface area contributed by atoms with E-state index >= 15 is 0 Å². The fourth-order valence-corrected chi connectivity index (χ4v) is 1.74. The lowest BCUT2D eigenvalue weighted by Gasteiger charge is -2.18. The second-order valence-electron chi connectivity index (χ2n) is 3.79. The van der Waals surface area contributed by atoms with Crippen molar-refractivity contribution < 1.29 is 0 Å². The lowest BCUT2D eigenvalue weighted by molar-refractivity contribution is 0.709. The van der Waals surface area contributed by atoms with Gasteiger partial charge in [0.1, 0.15) is 5.52 Å². The first-order chi connectivity index (χ1) is 7.83. The quantitative estimate of drug-likeness (QED) is 0.755. The molecule has 0 saturated carbocycles. The van der Waals surface area contributed by atoms with Crippen LogP contribution in [0.1, 0.15) is 6.42 Å². The Hall–Kier alpha value is -1.62. The van der Waals surface area contributed by atoms with Gasteiger partial charge in [-0.25, -0.2) is 9.50 Å². The second-order valence-corrected chi connectivity index (χ2v) is 3.79. The smallest absolute Gasteiger partial charge is 0.154 e. The van der Waals surface area contributed by atoms with Crippen molar-refractivity contribution in [2.45, 2.75) is 6.42 Å². The van der Waals surface area contributed by atoms with E-state index in [9.17, 15) is 0 Å². The minimum Gasteiger partial charge on any atom is -0.358 e. The molecule has 0 radical (unpaired) electrons. The van der Waals surface area contributed by atoms with Gasteiger partial charge < -0.3 is 10.2 Å². The number of nitrogens with one attached hydrogen (secondary N) is 1. The molecule has 2 aromatic rings.